The van der Waals surface area contributed by atoms with Gasteiger partial charge in [0.2, 0.25) is 0 Å². The Morgan fingerprint density at radius 2 is 2.27 bits per heavy atom. The van der Waals surface area contributed by atoms with Crippen molar-refractivity contribution >= 4 is 5.82 Å². The average Bonchev–Trinajstić information content (AvgIpc) is 2.22. The van der Waals surface area contributed by atoms with Crippen molar-refractivity contribution < 1.29 is 0 Å². The van der Waals surface area contributed by atoms with E-state index < -0.39 is 0 Å². The summed E-state index contributed by atoms with van der Waals surface area (Å²) in [5, 5.41) is 1.90. The second-order valence-corrected chi connectivity index (χ2v) is 4.22. The summed E-state index contributed by atoms with van der Waals surface area (Å²) in [6.45, 7) is 7.04. The van der Waals surface area contributed by atoms with Crippen LogP contribution in [0.5, 0.6) is 0 Å². The van der Waals surface area contributed by atoms with Crippen LogP contribution < -0.4 is 10.7 Å². The van der Waals surface area contributed by atoms with Gasteiger partial charge in [0.25, 0.3) is 0 Å². The zero-order chi connectivity index (χ0) is 10.8. The van der Waals surface area contributed by atoms with Crippen molar-refractivity contribution in [3.8, 4) is 0 Å². The van der Waals surface area contributed by atoms with Gasteiger partial charge in [-0.15, -0.1) is 0 Å². The third-order valence-corrected chi connectivity index (χ3v) is 2.90. The molecule has 1 fully saturated rings. The maximum absolute atomic E-state index is 5.83. The second kappa shape index (κ2) is 4.16. The SMILES string of the molecule is Cc1ccnc(N2CCN(N)C(C)C2)c1. The number of hydrogen-bond acceptors (Lipinski definition) is 4. The Morgan fingerprint density at radius 1 is 1.47 bits per heavy atom. The molecule has 0 spiro atoms. The van der Waals surface area contributed by atoms with E-state index in [1.165, 1.54) is 5.56 Å². The van der Waals surface area contributed by atoms with Crippen LogP contribution in [-0.2, 0) is 0 Å². The number of piperazine rings is 1. The molecule has 0 bridgehead atoms. The van der Waals surface area contributed by atoms with E-state index in [4.69, 9.17) is 5.84 Å². The first-order valence-electron chi connectivity index (χ1n) is 5.36. The van der Waals surface area contributed by atoms with Crippen LogP contribution in [0.4, 0.5) is 5.82 Å². The summed E-state index contributed by atoms with van der Waals surface area (Å²) in [5.41, 5.74) is 1.25. The Kier molecular flexibility index (Phi) is 2.88. The summed E-state index contributed by atoms with van der Waals surface area (Å²) < 4.78 is 0. The minimum Gasteiger partial charge on any atom is -0.354 e. The molecule has 2 heterocycles. The van der Waals surface area contributed by atoms with Gasteiger partial charge in [-0.05, 0) is 31.5 Å². The summed E-state index contributed by atoms with van der Waals surface area (Å²) in [6.07, 6.45) is 1.87. The minimum absolute atomic E-state index is 0.390. The van der Waals surface area contributed by atoms with Gasteiger partial charge >= 0.3 is 0 Å². The molecule has 1 saturated heterocycles. The smallest absolute Gasteiger partial charge is 0.128 e. The third kappa shape index (κ3) is 2.27. The van der Waals surface area contributed by atoms with Gasteiger partial charge < -0.3 is 4.90 Å². The molecule has 1 unspecified atom stereocenters. The van der Waals surface area contributed by atoms with Crippen molar-refractivity contribution in [1.82, 2.24) is 9.99 Å². The fraction of sp³-hybridized carbons (Fsp3) is 0.545. The highest BCUT2D eigenvalue weighted by molar-refractivity contribution is 5.41. The highest BCUT2D eigenvalue weighted by atomic mass is 15.5. The molecule has 0 aliphatic carbocycles. The quantitative estimate of drug-likeness (QED) is 0.690. The van der Waals surface area contributed by atoms with E-state index in [-0.39, 0.29) is 0 Å². The predicted molar refractivity (Wildman–Crippen MR) is 61.5 cm³/mol. The molecule has 1 aromatic heterocycles. The van der Waals surface area contributed by atoms with E-state index in [1.807, 2.05) is 17.3 Å². The molecule has 0 aromatic carbocycles. The molecule has 1 aliphatic heterocycles. The summed E-state index contributed by atoms with van der Waals surface area (Å²) in [5.74, 6) is 6.90. The molecular weight excluding hydrogens is 188 g/mol. The van der Waals surface area contributed by atoms with Crippen molar-refractivity contribution in [2.75, 3.05) is 24.5 Å². The summed E-state index contributed by atoms with van der Waals surface area (Å²) in [6, 6.07) is 4.53. The molecule has 4 heteroatoms. The maximum Gasteiger partial charge on any atom is 0.128 e. The molecular formula is C11H18N4. The molecule has 82 valence electrons. The van der Waals surface area contributed by atoms with Crippen LogP contribution in [0.1, 0.15) is 12.5 Å². The Bertz CT molecular complexity index is 339. The normalized spacial score (nSPS) is 23.1. The molecule has 0 saturated carbocycles. The number of aryl methyl sites for hydroxylation is 1. The summed E-state index contributed by atoms with van der Waals surface area (Å²) in [7, 11) is 0. The molecule has 4 nitrogen and oxygen atoms in total. The number of nitrogens with two attached hydrogens (primary N) is 1. The number of anilines is 1. The van der Waals surface area contributed by atoms with Crippen molar-refractivity contribution in [3.63, 3.8) is 0 Å². The first kappa shape index (κ1) is 10.4. The maximum atomic E-state index is 5.83. The van der Waals surface area contributed by atoms with Crippen LogP contribution in [-0.4, -0.2) is 35.7 Å². The van der Waals surface area contributed by atoms with E-state index in [1.54, 1.807) is 0 Å². The molecule has 1 atom stereocenters. The zero-order valence-corrected chi connectivity index (χ0v) is 9.35. The van der Waals surface area contributed by atoms with E-state index in [0.29, 0.717) is 6.04 Å². The number of nitrogens with zero attached hydrogens (tertiary/aromatic N) is 3. The van der Waals surface area contributed by atoms with Crippen LogP contribution in [0.2, 0.25) is 0 Å². The van der Waals surface area contributed by atoms with E-state index in [2.05, 4.69) is 29.8 Å². The minimum atomic E-state index is 0.390. The lowest BCUT2D eigenvalue weighted by molar-refractivity contribution is 0.193. The predicted octanol–water partition coefficient (Wildman–Crippen LogP) is 0.774. The van der Waals surface area contributed by atoms with Crippen molar-refractivity contribution in [2.45, 2.75) is 19.9 Å². The highest BCUT2D eigenvalue weighted by Gasteiger charge is 2.21. The van der Waals surface area contributed by atoms with E-state index in [9.17, 15) is 0 Å². The number of rotatable bonds is 1. The van der Waals surface area contributed by atoms with Gasteiger partial charge in [-0.1, -0.05) is 0 Å². The molecule has 2 rings (SSSR count). The molecule has 2 N–H and O–H groups in total. The van der Waals surface area contributed by atoms with Crippen LogP contribution in [0.25, 0.3) is 0 Å². The highest BCUT2D eigenvalue weighted by Crippen LogP contribution is 2.15. The number of aromatic nitrogens is 1. The third-order valence-electron chi connectivity index (χ3n) is 2.90. The topological polar surface area (TPSA) is 45.4 Å². The van der Waals surface area contributed by atoms with Crippen LogP contribution >= 0.6 is 0 Å². The lowest BCUT2D eigenvalue weighted by atomic mass is 10.2. The molecule has 1 aliphatic rings. The van der Waals surface area contributed by atoms with Crippen molar-refractivity contribution in [1.29, 1.82) is 0 Å². The summed E-state index contributed by atoms with van der Waals surface area (Å²) >= 11 is 0. The molecule has 0 amide bonds. The van der Waals surface area contributed by atoms with Crippen molar-refractivity contribution in [2.24, 2.45) is 5.84 Å². The fourth-order valence-electron chi connectivity index (χ4n) is 1.87. The zero-order valence-electron chi connectivity index (χ0n) is 9.35. The van der Waals surface area contributed by atoms with Gasteiger partial charge in [-0.25, -0.2) is 9.99 Å². The van der Waals surface area contributed by atoms with Gasteiger partial charge in [0, 0.05) is 31.9 Å². The van der Waals surface area contributed by atoms with Crippen LogP contribution in [0.3, 0.4) is 0 Å². The molecule has 0 radical (unpaired) electrons. The standard InChI is InChI=1S/C11H18N4/c1-9-3-4-13-11(7-9)14-5-6-15(12)10(2)8-14/h3-4,7,10H,5-6,8,12H2,1-2H3. The fourth-order valence-corrected chi connectivity index (χ4v) is 1.87. The largest absolute Gasteiger partial charge is 0.354 e. The first-order valence-corrected chi connectivity index (χ1v) is 5.36. The number of hydrogen-bond donors (Lipinski definition) is 1. The Labute approximate surface area is 90.7 Å². The van der Waals surface area contributed by atoms with Crippen molar-refractivity contribution in [3.05, 3.63) is 23.9 Å². The van der Waals surface area contributed by atoms with E-state index >= 15 is 0 Å². The summed E-state index contributed by atoms with van der Waals surface area (Å²) in [4.78, 5) is 6.68. The first-order chi connectivity index (χ1) is 7.16. The number of pyridine rings is 1. The Balaban J connectivity index is 2.12. The van der Waals surface area contributed by atoms with Gasteiger partial charge in [0.05, 0.1) is 0 Å². The Hall–Kier alpha value is -1.13. The van der Waals surface area contributed by atoms with Crippen LogP contribution in [0, 0.1) is 6.92 Å². The van der Waals surface area contributed by atoms with Gasteiger partial charge in [0.1, 0.15) is 5.82 Å². The van der Waals surface area contributed by atoms with E-state index in [0.717, 1.165) is 25.5 Å². The second-order valence-electron chi connectivity index (χ2n) is 4.22. The molecule has 15 heavy (non-hydrogen) atoms. The van der Waals surface area contributed by atoms with Crippen LogP contribution in [0.15, 0.2) is 18.3 Å². The van der Waals surface area contributed by atoms with Gasteiger partial charge in [-0.2, -0.15) is 0 Å². The lowest BCUT2D eigenvalue weighted by Crippen LogP contribution is -2.55. The van der Waals surface area contributed by atoms with Gasteiger partial charge in [0.15, 0.2) is 0 Å². The average molecular weight is 206 g/mol. The Morgan fingerprint density at radius 3 is 2.93 bits per heavy atom. The number of hydrazine groups is 1. The molecule has 1 aromatic rings. The lowest BCUT2D eigenvalue weighted by Gasteiger charge is -2.37. The monoisotopic (exact) mass is 206 g/mol. The van der Waals surface area contributed by atoms with Gasteiger partial charge in [-0.3, -0.25) is 5.84 Å².